The Morgan fingerprint density at radius 2 is 1.97 bits per heavy atom. The van der Waals surface area contributed by atoms with Gasteiger partial charge >= 0.3 is 0 Å². The zero-order chi connectivity index (χ0) is 27.0. The molecule has 38 heavy (non-hydrogen) atoms. The molecule has 1 aliphatic heterocycles. The molecule has 2 aromatic heterocycles. The maximum absolute atomic E-state index is 14.1. The lowest BCUT2D eigenvalue weighted by molar-refractivity contribution is -0.132. The average molecular weight is 555 g/mol. The van der Waals surface area contributed by atoms with E-state index >= 15 is 0 Å². The number of halogens is 3. The molecule has 196 valence electrons. The van der Waals surface area contributed by atoms with Crippen LogP contribution in [0.5, 0.6) is 5.75 Å². The van der Waals surface area contributed by atoms with Gasteiger partial charge in [-0.25, -0.2) is 9.37 Å². The number of benzene rings is 2. The lowest BCUT2D eigenvalue weighted by Gasteiger charge is -2.28. The van der Waals surface area contributed by atoms with Crippen LogP contribution < -0.4 is 16.2 Å². The van der Waals surface area contributed by atoms with Crippen molar-refractivity contribution in [1.29, 1.82) is 0 Å². The van der Waals surface area contributed by atoms with Gasteiger partial charge in [0.05, 0.1) is 16.7 Å². The number of hydrogen-bond donors (Lipinski definition) is 2. The number of anilines is 1. The first-order chi connectivity index (χ1) is 18.3. The molecule has 0 aliphatic carbocycles. The second-order valence-corrected chi connectivity index (χ2v) is 9.82. The Hall–Kier alpha value is -3.59. The number of ether oxygens (including phenoxy) is 1. The van der Waals surface area contributed by atoms with Crippen molar-refractivity contribution in [3.63, 3.8) is 0 Å². The molecule has 4 aromatic rings. The number of hydrogen-bond acceptors (Lipinski definition) is 6. The molecule has 2 atom stereocenters. The zero-order valence-electron chi connectivity index (χ0n) is 20.5. The summed E-state index contributed by atoms with van der Waals surface area (Å²) >= 11 is 12.4. The van der Waals surface area contributed by atoms with Crippen molar-refractivity contribution < 1.29 is 18.3 Å². The van der Waals surface area contributed by atoms with Crippen LogP contribution in [0, 0.1) is 5.82 Å². The van der Waals surface area contributed by atoms with Gasteiger partial charge in [0, 0.05) is 35.4 Å². The summed E-state index contributed by atoms with van der Waals surface area (Å²) < 4.78 is 26.0. The third kappa shape index (κ3) is 4.82. The van der Waals surface area contributed by atoms with E-state index in [-0.39, 0.29) is 27.5 Å². The second kappa shape index (κ2) is 10.6. The first-order valence-corrected chi connectivity index (χ1v) is 12.8. The predicted octanol–water partition coefficient (Wildman–Crippen LogP) is 6.31. The molecule has 4 N–H and O–H groups in total. The highest BCUT2D eigenvalue weighted by molar-refractivity contribution is 6.36. The molecule has 2 aromatic carbocycles. The summed E-state index contributed by atoms with van der Waals surface area (Å²) in [7, 11) is 0. The molecule has 1 amide bonds. The van der Waals surface area contributed by atoms with E-state index in [1.807, 2.05) is 36.4 Å². The molecule has 3 heterocycles. The molecule has 0 unspecified atom stereocenters. The summed E-state index contributed by atoms with van der Waals surface area (Å²) in [5.41, 5.74) is 15.6. The lowest BCUT2D eigenvalue weighted by atomic mass is 9.98. The Labute approximate surface area is 228 Å². The maximum atomic E-state index is 14.1. The first-order valence-electron chi connectivity index (χ1n) is 12.0. The van der Waals surface area contributed by atoms with Crippen molar-refractivity contribution in [3.8, 4) is 5.75 Å². The van der Waals surface area contributed by atoms with E-state index in [0.29, 0.717) is 36.0 Å². The highest BCUT2D eigenvalue weighted by Gasteiger charge is 2.27. The summed E-state index contributed by atoms with van der Waals surface area (Å²) in [6.07, 6.45) is 5.08. The third-order valence-electron chi connectivity index (χ3n) is 6.67. The van der Waals surface area contributed by atoms with E-state index in [0.717, 1.165) is 16.7 Å². The molecule has 5 rings (SSSR count). The van der Waals surface area contributed by atoms with E-state index in [2.05, 4.69) is 4.98 Å². The molecule has 1 aliphatic rings. The number of carbonyl (C=O) groups is 1. The number of nitrogens with zero attached hydrogens (tertiary/aromatic N) is 2. The Kier molecular flexibility index (Phi) is 7.29. The maximum Gasteiger partial charge on any atom is 0.244 e. The van der Waals surface area contributed by atoms with Crippen LogP contribution in [0.3, 0.4) is 0 Å². The molecule has 0 bridgehead atoms. The first kappa shape index (κ1) is 26.0. The van der Waals surface area contributed by atoms with Gasteiger partial charge in [-0.05, 0) is 36.6 Å². The highest BCUT2D eigenvalue weighted by atomic mass is 35.5. The van der Waals surface area contributed by atoms with Gasteiger partial charge in [0.15, 0.2) is 11.4 Å². The molecule has 0 saturated carbocycles. The molecular formula is C28H25Cl2FN4O3. The van der Waals surface area contributed by atoms with Crippen molar-refractivity contribution >= 4 is 51.5 Å². The number of amides is 1. The van der Waals surface area contributed by atoms with Crippen molar-refractivity contribution in [1.82, 2.24) is 9.88 Å². The highest BCUT2D eigenvalue weighted by Crippen LogP contribution is 2.41. The minimum absolute atomic E-state index is 0.109. The van der Waals surface area contributed by atoms with E-state index in [1.165, 1.54) is 12.1 Å². The topological polar surface area (TPSA) is 108 Å². The minimum Gasteiger partial charge on any atom is -0.478 e. The van der Waals surface area contributed by atoms with Crippen LogP contribution in [-0.2, 0) is 4.79 Å². The van der Waals surface area contributed by atoms with Crippen molar-refractivity contribution in [2.75, 3.05) is 18.8 Å². The number of aromatic nitrogens is 1. The van der Waals surface area contributed by atoms with Crippen LogP contribution in [-0.4, -0.2) is 28.9 Å². The normalized spacial score (nSPS) is 15.3. The number of pyridine rings is 1. The zero-order valence-corrected chi connectivity index (χ0v) is 22.0. The summed E-state index contributed by atoms with van der Waals surface area (Å²) in [5, 5.41) is 0.841. The van der Waals surface area contributed by atoms with E-state index in [9.17, 15) is 9.18 Å². The average Bonchev–Trinajstić information content (AvgIpc) is 3.37. The summed E-state index contributed by atoms with van der Waals surface area (Å²) in [6.45, 7) is 2.61. The van der Waals surface area contributed by atoms with Gasteiger partial charge in [-0.1, -0.05) is 59.6 Å². The summed E-state index contributed by atoms with van der Waals surface area (Å²) in [4.78, 5) is 19.0. The fourth-order valence-corrected chi connectivity index (χ4v) is 5.29. The predicted molar refractivity (Wildman–Crippen MR) is 146 cm³/mol. The molecule has 0 spiro atoms. The monoisotopic (exact) mass is 554 g/mol. The van der Waals surface area contributed by atoms with Crippen molar-refractivity contribution in [3.05, 3.63) is 93.6 Å². The molecule has 7 nitrogen and oxygen atoms in total. The standard InChI is InChI=1S/C28H25Cl2FN4O3/c1-15(22-20(29)7-8-21(31)23(22)30)38-26-25-18(13-34-27(26)33)19(14-37-25)16-9-11-35(12-10-16)28(36)24(32)17-5-3-2-4-6-17/h2-9,13-15,24H,10-12,32H2,1H3,(H2,33,34)/t15-,24+/m1/s1. The molecule has 0 radical (unpaired) electrons. The minimum atomic E-state index is -0.740. The van der Waals surface area contributed by atoms with E-state index in [1.54, 1.807) is 24.3 Å². The van der Waals surface area contributed by atoms with Gasteiger partial charge in [0.1, 0.15) is 18.0 Å². The number of nitrogen functional groups attached to an aromatic ring is 1. The molecule has 10 heteroatoms. The number of rotatable bonds is 6. The Bertz CT molecular complexity index is 1540. The molecule has 0 saturated heterocycles. The van der Waals surface area contributed by atoms with Gasteiger partial charge in [-0.2, -0.15) is 0 Å². The number of nitrogens with two attached hydrogens (primary N) is 2. The van der Waals surface area contributed by atoms with E-state index in [4.69, 9.17) is 43.8 Å². The van der Waals surface area contributed by atoms with Crippen LogP contribution in [0.25, 0.3) is 16.5 Å². The fraction of sp³-hybridized carbons (Fsp3) is 0.214. The van der Waals surface area contributed by atoms with E-state index < -0.39 is 18.0 Å². The number of carbonyl (C=O) groups excluding carboxylic acids is 1. The van der Waals surface area contributed by atoms with Crippen LogP contribution >= 0.6 is 23.2 Å². The summed E-state index contributed by atoms with van der Waals surface area (Å²) in [5.74, 6) is -0.414. The summed E-state index contributed by atoms with van der Waals surface area (Å²) in [6, 6.07) is 11.2. The van der Waals surface area contributed by atoms with Gasteiger partial charge < -0.3 is 25.5 Å². The van der Waals surface area contributed by atoms with Gasteiger partial charge in [-0.3, -0.25) is 4.79 Å². The van der Waals surface area contributed by atoms with Gasteiger partial charge in [-0.15, -0.1) is 0 Å². The third-order valence-corrected chi connectivity index (χ3v) is 7.39. The SMILES string of the molecule is C[C@@H](Oc1c(N)ncc2c(C3=CCN(C(=O)[C@@H](N)c4ccccc4)CC3)coc12)c1c(Cl)ccc(F)c1Cl. The van der Waals surface area contributed by atoms with Crippen molar-refractivity contribution in [2.24, 2.45) is 5.73 Å². The van der Waals surface area contributed by atoms with Crippen LogP contribution in [0.15, 0.2) is 65.4 Å². The Balaban J connectivity index is 1.38. The quantitative estimate of drug-likeness (QED) is 0.270. The molecular weight excluding hydrogens is 530 g/mol. The smallest absolute Gasteiger partial charge is 0.244 e. The van der Waals surface area contributed by atoms with Crippen molar-refractivity contribution in [2.45, 2.75) is 25.5 Å². The van der Waals surface area contributed by atoms with Crippen LogP contribution in [0.4, 0.5) is 10.2 Å². The Morgan fingerprint density at radius 3 is 2.68 bits per heavy atom. The Morgan fingerprint density at radius 1 is 1.21 bits per heavy atom. The van der Waals surface area contributed by atoms with Crippen LogP contribution in [0.2, 0.25) is 10.0 Å². The number of furan rings is 1. The van der Waals surface area contributed by atoms with Crippen LogP contribution in [0.1, 0.15) is 42.2 Å². The number of fused-ring (bicyclic) bond motifs is 1. The second-order valence-electron chi connectivity index (χ2n) is 9.03. The fourth-order valence-electron chi connectivity index (χ4n) is 4.61. The van der Waals surface area contributed by atoms with Gasteiger partial charge in [0.2, 0.25) is 11.7 Å². The molecule has 0 fully saturated rings. The lowest BCUT2D eigenvalue weighted by Crippen LogP contribution is -2.40. The van der Waals surface area contributed by atoms with Gasteiger partial charge in [0.25, 0.3) is 0 Å². The largest absolute Gasteiger partial charge is 0.478 e.